The number of para-hydroxylation sites is 1. The Morgan fingerprint density at radius 3 is 2.38 bits per heavy atom. The Labute approximate surface area is 152 Å². The fourth-order valence-corrected chi connectivity index (χ4v) is 4.73. The second-order valence-electron chi connectivity index (χ2n) is 6.41. The highest BCUT2D eigenvalue weighted by Gasteiger charge is 2.27. The summed E-state index contributed by atoms with van der Waals surface area (Å²) in [5, 5.41) is 4.73. The summed E-state index contributed by atoms with van der Waals surface area (Å²) in [4.78, 5) is 4.52. The Morgan fingerprint density at radius 1 is 1.04 bits per heavy atom. The number of nitrogens with zero attached hydrogens (tertiary/aromatic N) is 3. The Balaban J connectivity index is 1.71. The molecule has 0 radical (unpaired) electrons. The van der Waals surface area contributed by atoms with E-state index in [0.29, 0.717) is 6.42 Å². The SMILES string of the molecule is O=S1(=O)CC[C@@H](N=Cc2cn(-c3ccccc3)nc2-c2ccccc2)C1. The number of hydrogen-bond acceptors (Lipinski definition) is 4. The molecule has 1 aliphatic rings. The van der Waals surface area contributed by atoms with E-state index in [9.17, 15) is 8.42 Å². The van der Waals surface area contributed by atoms with E-state index in [4.69, 9.17) is 5.10 Å². The fraction of sp³-hybridized carbons (Fsp3) is 0.200. The average Bonchev–Trinajstić information content (AvgIpc) is 3.24. The Hall–Kier alpha value is -2.73. The first-order valence-corrected chi connectivity index (χ1v) is 10.4. The zero-order chi connectivity index (χ0) is 18.0. The molecule has 3 aromatic rings. The monoisotopic (exact) mass is 365 g/mol. The molecule has 1 aliphatic heterocycles. The van der Waals surface area contributed by atoms with Crippen molar-refractivity contribution in [3.8, 4) is 16.9 Å². The number of hydrogen-bond donors (Lipinski definition) is 0. The summed E-state index contributed by atoms with van der Waals surface area (Å²) in [7, 11) is -2.93. The zero-order valence-electron chi connectivity index (χ0n) is 14.2. The van der Waals surface area contributed by atoms with Crippen LogP contribution in [-0.2, 0) is 9.84 Å². The maximum atomic E-state index is 11.6. The van der Waals surface area contributed by atoms with Crippen LogP contribution in [0.3, 0.4) is 0 Å². The van der Waals surface area contributed by atoms with Crippen LogP contribution in [-0.4, -0.2) is 42.0 Å². The maximum Gasteiger partial charge on any atom is 0.152 e. The lowest BCUT2D eigenvalue weighted by molar-refractivity contribution is 0.601. The van der Waals surface area contributed by atoms with E-state index in [1.807, 2.05) is 71.5 Å². The molecule has 0 amide bonds. The molecule has 0 bridgehead atoms. The van der Waals surface area contributed by atoms with Gasteiger partial charge in [-0.05, 0) is 18.6 Å². The molecule has 1 saturated heterocycles. The first-order chi connectivity index (χ1) is 12.6. The van der Waals surface area contributed by atoms with Crippen molar-refractivity contribution in [3.63, 3.8) is 0 Å². The number of rotatable bonds is 4. The van der Waals surface area contributed by atoms with Gasteiger partial charge in [-0.2, -0.15) is 5.10 Å². The van der Waals surface area contributed by atoms with E-state index >= 15 is 0 Å². The lowest BCUT2D eigenvalue weighted by Crippen LogP contribution is -2.07. The number of benzene rings is 2. The standard InChI is InChI=1S/C20H19N3O2S/c24-26(25)12-11-18(15-26)21-13-17-14-23(19-9-5-2-6-10-19)22-20(17)16-7-3-1-4-8-16/h1-10,13-14,18H,11-12,15H2/t18-/m1/s1. The third-order valence-electron chi connectivity index (χ3n) is 4.44. The van der Waals surface area contributed by atoms with Gasteiger partial charge in [0.15, 0.2) is 9.84 Å². The van der Waals surface area contributed by atoms with Gasteiger partial charge < -0.3 is 0 Å². The number of aliphatic imine (C=N–C) groups is 1. The van der Waals surface area contributed by atoms with Crippen molar-refractivity contribution in [1.82, 2.24) is 9.78 Å². The zero-order valence-corrected chi connectivity index (χ0v) is 15.0. The van der Waals surface area contributed by atoms with Crippen LogP contribution in [0.1, 0.15) is 12.0 Å². The van der Waals surface area contributed by atoms with Crippen LogP contribution in [0.4, 0.5) is 0 Å². The summed E-state index contributed by atoms with van der Waals surface area (Å²) in [6.07, 6.45) is 4.29. The Bertz CT molecular complexity index is 1030. The smallest absolute Gasteiger partial charge is 0.152 e. The summed E-state index contributed by atoms with van der Waals surface area (Å²) in [6.45, 7) is 0. The van der Waals surface area contributed by atoms with Crippen LogP contribution < -0.4 is 0 Å². The summed E-state index contributed by atoms with van der Waals surface area (Å²) in [5.74, 6) is 0.362. The van der Waals surface area contributed by atoms with Crippen molar-refractivity contribution < 1.29 is 8.42 Å². The summed E-state index contributed by atoms with van der Waals surface area (Å²) >= 11 is 0. The van der Waals surface area contributed by atoms with Gasteiger partial charge in [-0.3, -0.25) is 4.99 Å². The van der Waals surface area contributed by atoms with Crippen LogP contribution in [0, 0.1) is 0 Å². The highest BCUT2D eigenvalue weighted by molar-refractivity contribution is 7.91. The molecule has 0 saturated carbocycles. The Morgan fingerprint density at radius 2 is 1.73 bits per heavy atom. The van der Waals surface area contributed by atoms with E-state index in [-0.39, 0.29) is 17.5 Å². The molecule has 2 heterocycles. The number of sulfone groups is 1. The molecular formula is C20H19N3O2S. The van der Waals surface area contributed by atoms with Gasteiger partial charge in [0.1, 0.15) is 5.69 Å². The molecule has 2 aromatic carbocycles. The van der Waals surface area contributed by atoms with Gasteiger partial charge in [-0.15, -0.1) is 0 Å². The summed E-state index contributed by atoms with van der Waals surface area (Å²) in [6, 6.07) is 19.7. The Kier molecular flexibility index (Phi) is 4.42. The highest BCUT2D eigenvalue weighted by Crippen LogP contribution is 2.23. The molecule has 1 atom stereocenters. The fourth-order valence-electron chi connectivity index (χ4n) is 3.09. The van der Waals surface area contributed by atoms with Crippen molar-refractivity contribution in [2.24, 2.45) is 4.99 Å². The third-order valence-corrected chi connectivity index (χ3v) is 6.19. The largest absolute Gasteiger partial charge is 0.288 e. The van der Waals surface area contributed by atoms with Crippen LogP contribution in [0.15, 0.2) is 71.9 Å². The maximum absolute atomic E-state index is 11.6. The molecule has 0 N–H and O–H groups in total. The van der Waals surface area contributed by atoms with Crippen LogP contribution in [0.25, 0.3) is 16.9 Å². The van der Waals surface area contributed by atoms with Crippen LogP contribution >= 0.6 is 0 Å². The van der Waals surface area contributed by atoms with Crippen LogP contribution in [0.5, 0.6) is 0 Å². The molecular weight excluding hydrogens is 346 g/mol. The molecule has 26 heavy (non-hydrogen) atoms. The van der Waals surface area contributed by atoms with Crippen molar-refractivity contribution >= 4 is 16.1 Å². The minimum absolute atomic E-state index is 0.136. The van der Waals surface area contributed by atoms with Crippen molar-refractivity contribution in [2.45, 2.75) is 12.5 Å². The minimum Gasteiger partial charge on any atom is -0.288 e. The molecule has 1 fully saturated rings. The molecule has 6 heteroatoms. The van der Waals surface area contributed by atoms with Gasteiger partial charge >= 0.3 is 0 Å². The summed E-state index contributed by atoms with van der Waals surface area (Å²) < 4.78 is 25.1. The van der Waals surface area contributed by atoms with Gasteiger partial charge in [-0.25, -0.2) is 13.1 Å². The molecule has 1 aromatic heterocycles. The second kappa shape index (κ2) is 6.88. The number of aromatic nitrogens is 2. The molecule has 132 valence electrons. The van der Waals surface area contributed by atoms with Crippen molar-refractivity contribution in [2.75, 3.05) is 11.5 Å². The molecule has 0 unspecified atom stereocenters. The average molecular weight is 365 g/mol. The molecule has 0 spiro atoms. The molecule has 5 nitrogen and oxygen atoms in total. The van der Waals surface area contributed by atoms with Gasteiger partial charge in [0.2, 0.25) is 0 Å². The van der Waals surface area contributed by atoms with E-state index in [0.717, 1.165) is 22.5 Å². The van der Waals surface area contributed by atoms with Crippen molar-refractivity contribution in [3.05, 3.63) is 72.4 Å². The third kappa shape index (κ3) is 3.60. The first kappa shape index (κ1) is 16.7. The first-order valence-electron chi connectivity index (χ1n) is 8.55. The van der Waals surface area contributed by atoms with Gasteiger partial charge in [0.05, 0.1) is 23.2 Å². The predicted molar refractivity (Wildman–Crippen MR) is 104 cm³/mol. The summed E-state index contributed by atoms with van der Waals surface area (Å²) in [5.41, 5.74) is 3.68. The van der Waals surface area contributed by atoms with E-state index in [1.165, 1.54) is 0 Å². The van der Waals surface area contributed by atoms with Gasteiger partial charge in [0.25, 0.3) is 0 Å². The van der Waals surface area contributed by atoms with Crippen LogP contribution in [0.2, 0.25) is 0 Å². The van der Waals surface area contributed by atoms with Crippen molar-refractivity contribution in [1.29, 1.82) is 0 Å². The van der Waals surface area contributed by atoms with Gasteiger partial charge in [-0.1, -0.05) is 48.5 Å². The topological polar surface area (TPSA) is 64.3 Å². The van der Waals surface area contributed by atoms with E-state index < -0.39 is 9.84 Å². The normalized spacial score (nSPS) is 19.2. The molecule has 4 rings (SSSR count). The van der Waals surface area contributed by atoms with Gasteiger partial charge in [0, 0.05) is 23.5 Å². The quantitative estimate of drug-likeness (QED) is 0.667. The predicted octanol–water partition coefficient (Wildman–Crippen LogP) is 3.15. The second-order valence-corrected chi connectivity index (χ2v) is 8.64. The highest BCUT2D eigenvalue weighted by atomic mass is 32.2. The minimum atomic E-state index is -2.93. The molecule has 0 aliphatic carbocycles. The lowest BCUT2D eigenvalue weighted by Gasteiger charge is -2.00. The lowest BCUT2D eigenvalue weighted by atomic mass is 10.1. The van der Waals surface area contributed by atoms with E-state index in [1.54, 1.807) is 6.21 Å². The van der Waals surface area contributed by atoms with E-state index in [2.05, 4.69) is 4.99 Å².